The van der Waals surface area contributed by atoms with Crippen LogP contribution in [-0.4, -0.2) is 183 Å². The molecule has 0 aliphatic carbocycles. The van der Waals surface area contributed by atoms with Gasteiger partial charge >= 0.3 is 12.1 Å². The maximum absolute atomic E-state index is 13.6. The van der Waals surface area contributed by atoms with Crippen LogP contribution in [0.3, 0.4) is 0 Å². The van der Waals surface area contributed by atoms with Gasteiger partial charge in [0.15, 0.2) is 0 Å². The van der Waals surface area contributed by atoms with E-state index in [1.165, 1.54) is 0 Å². The molecule has 2 atom stereocenters. The maximum atomic E-state index is 13.6. The van der Waals surface area contributed by atoms with Gasteiger partial charge in [0.25, 0.3) is 5.91 Å². The molecule has 0 bridgehead atoms. The number of urea groups is 2. The lowest BCUT2D eigenvalue weighted by molar-refractivity contribution is 0.0365. The van der Waals surface area contributed by atoms with Crippen LogP contribution in [0.1, 0.15) is 89.9 Å². The molecule has 20 heteroatoms. The van der Waals surface area contributed by atoms with Gasteiger partial charge in [0.1, 0.15) is 6.29 Å². The Balaban J connectivity index is 0.633. The van der Waals surface area contributed by atoms with Crippen molar-refractivity contribution in [3.8, 4) is 0 Å². The van der Waals surface area contributed by atoms with Gasteiger partial charge in [-0.2, -0.15) is 0 Å². The SMILES string of the molecule is CN(CCOCCOCCNC(=O)NCCCCNC(=O)NCCOCCOCCN1CCc2ccc(C3CN(C)Cc4c(Cl)cc(Cl)cc43)cc2C1=O)CCc1ccc(C2CN(C)Cc3c(Cl)cc(Cl)cc32)cc1C=O. The smallest absolute Gasteiger partial charge is 0.314 e. The Morgan fingerprint density at radius 2 is 1.17 bits per heavy atom. The van der Waals surface area contributed by atoms with Crippen LogP contribution in [0.2, 0.25) is 20.1 Å². The van der Waals surface area contributed by atoms with Crippen molar-refractivity contribution in [1.82, 2.24) is 40.9 Å². The van der Waals surface area contributed by atoms with Gasteiger partial charge in [0.2, 0.25) is 0 Å². The van der Waals surface area contributed by atoms with Crippen LogP contribution >= 0.6 is 46.4 Å². The summed E-state index contributed by atoms with van der Waals surface area (Å²) in [6.07, 6.45) is 3.87. The molecule has 0 fully saturated rings. The number of unbranched alkanes of at least 4 members (excludes halogenated alkanes) is 1. The number of rotatable bonds is 29. The number of fused-ring (bicyclic) bond motifs is 3. The van der Waals surface area contributed by atoms with Crippen molar-refractivity contribution >= 4 is 70.7 Å². The van der Waals surface area contributed by atoms with Crippen LogP contribution in [0, 0.1) is 0 Å². The molecule has 4 aromatic carbocycles. The summed E-state index contributed by atoms with van der Waals surface area (Å²) in [6, 6.07) is 19.5. The van der Waals surface area contributed by atoms with Crippen molar-refractivity contribution < 1.29 is 38.1 Å². The van der Waals surface area contributed by atoms with Gasteiger partial charge in [0.05, 0.1) is 52.9 Å². The molecule has 3 aliphatic heterocycles. The van der Waals surface area contributed by atoms with E-state index in [1.807, 2.05) is 36.2 Å². The van der Waals surface area contributed by atoms with Crippen LogP contribution in [0.25, 0.3) is 0 Å². The zero-order valence-electron chi connectivity index (χ0n) is 44.5. The summed E-state index contributed by atoms with van der Waals surface area (Å²) in [7, 11) is 6.18. The second kappa shape index (κ2) is 30.7. The van der Waals surface area contributed by atoms with E-state index >= 15 is 0 Å². The molecular formula is C57H74Cl4N8O8. The third-order valence-corrected chi connectivity index (χ3v) is 15.4. The summed E-state index contributed by atoms with van der Waals surface area (Å²) >= 11 is 26.0. The number of halogens is 4. The number of likely N-dealkylation sites (N-methyl/N-ethyl adjacent to an activating group) is 3. The van der Waals surface area contributed by atoms with Crippen molar-refractivity contribution in [3.05, 3.63) is 136 Å². The summed E-state index contributed by atoms with van der Waals surface area (Å²) in [5.74, 6) is 0.138. The van der Waals surface area contributed by atoms with E-state index in [1.54, 1.807) is 12.1 Å². The number of nitrogens with one attached hydrogen (secondary N) is 4. The maximum Gasteiger partial charge on any atom is 0.314 e. The zero-order chi connectivity index (χ0) is 54.7. The highest BCUT2D eigenvalue weighted by Gasteiger charge is 2.31. The Morgan fingerprint density at radius 1 is 0.649 bits per heavy atom. The predicted octanol–water partition coefficient (Wildman–Crippen LogP) is 7.89. The van der Waals surface area contributed by atoms with Crippen molar-refractivity contribution in [2.75, 3.05) is 139 Å². The Kier molecular flexibility index (Phi) is 24.0. The summed E-state index contributed by atoms with van der Waals surface area (Å²) in [5.41, 5.74) is 10.0. The summed E-state index contributed by atoms with van der Waals surface area (Å²) in [4.78, 5) is 58.6. The number of aldehydes is 1. The Bertz CT molecular complexity index is 2630. The average molecular weight is 1140 g/mol. The second-order valence-corrected chi connectivity index (χ2v) is 21.7. The minimum absolute atomic E-state index is 0.0113. The van der Waals surface area contributed by atoms with Crippen LogP contribution < -0.4 is 21.3 Å². The second-order valence-electron chi connectivity index (χ2n) is 20.0. The fourth-order valence-electron chi connectivity index (χ4n) is 10.1. The van der Waals surface area contributed by atoms with Crippen LogP contribution in [0.15, 0.2) is 60.7 Å². The molecule has 77 heavy (non-hydrogen) atoms. The molecule has 3 heterocycles. The van der Waals surface area contributed by atoms with E-state index in [-0.39, 0.29) is 29.8 Å². The molecule has 0 radical (unpaired) electrons. The number of benzene rings is 4. The molecule has 4 N–H and O–H groups in total. The fraction of sp³-hybridized carbons (Fsp3) is 0.509. The first kappa shape index (κ1) is 60.1. The van der Waals surface area contributed by atoms with E-state index in [2.05, 4.69) is 74.3 Å². The van der Waals surface area contributed by atoms with Crippen molar-refractivity contribution in [3.63, 3.8) is 0 Å². The standard InChI is InChI=1S/C57H74Cl4N8O8/c1-66(16-10-39-6-8-41(28-43(39)38-70)49-34-67(2)36-51-47(49)30-44(58)32-53(51)60)18-22-76-26-24-74-20-14-64-56(72)62-12-4-5-13-63-57(73)65-15-21-75-25-27-77-23-19-69-17-11-40-7-9-42(29-46(40)55(69)71)50-35-68(3)37-52-48(50)31-45(59)33-54(52)61/h6-9,28-33,38,49-50H,4-5,10-27,34-37H2,1-3H3,(H2,62,64,72)(H2,63,65,73). The lowest BCUT2D eigenvalue weighted by Crippen LogP contribution is -2.40. The van der Waals surface area contributed by atoms with Gasteiger partial charge in [-0.15, -0.1) is 0 Å². The van der Waals surface area contributed by atoms with Crippen LogP contribution in [-0.2, 0) is 44.9 Å². The van der Waals surface area contributed by atoms with E-state index in [0.717, 1.165) is 108 Å². The number of amides is 5. The number of carbonyl (C=O) groups is 4. The lowest BCUT2D eigenvalue weighted by Gasteiger charge is -2.34. The van der Waals surface area contributed by atoms with Crippen LogP contribution in [0.5, 0.6) is 0 Å². The van der Waals surface area contributed by atoms with Gasteiger partial charge in [0, 0.05) is 122 Å². The predicted molar refractivity (Wildman–Crippen MR) is 304 cm³/mol. The van der Waals surface area contributed by atoms with Gasteiger partial charge < -0.3 is 59.8 Å². The van der Waals surface area contributed by atoms with E-state index in [9.17, 15) is 19.2 Å². The molecule has 3 aliphatic rings. The first-order valence-electron chi connectivity index (χ1n) is 26.6. The Labute approximate surface area is 473 Å². The van der Waals surface area contributed by atoms with Gasteiger partial charge in [-0.25, -0.2) is 9.59 Å². The molecule has 0 aromatic heterocycles. The van der Waals surface area contributed by atoms with Gasteiger partial charge in [-0.3, -0.25) is 9.59 Å². The summed E-state index contributed by atoms with van der Waals surface area (Å²) < 4.78 is 22.8. The van der Waals surface area contributed by atoms with E-state index in [0.29, 0.717) is 131 Å². The first-order chi connectivity index (χ1) is 37.3. The molecular weight excluding hydrogens is 1070 g/mol. The molecule has 0 saturated heterocycles. The van der Waals surface area contributed by atoms with Crippen LogP contribution in [0.4, 0.5) is 9.59 Å². The number of nitrogens with zero attached hydrogens (tertiary/aromatic N) is 4. The number of carbonyl (C=O) groups excluding carboxylic acids is 4. The van der Waals surface area contributed by atoms with Crippen molar-refractivity contribution in [2.45, 2.75) is 50.6 Å². The van der Waals surface area contributed by atoms with Gasteiger partial charge in [-0.05, 0) is 128 Å². The zero-order valence-corrected chi connectivity index (χ0v) is 47.6. The summed E-state index contributed by atoms with van der Waals surface area (Å²) in [6.45, 7) is 10.7. The topological polar surface area (TPSA) is 166 Å². The number of hydrogen-bond donors (Lipinski definition) is 4. The first-order valence-corrected chi connectivity index (χ1v) is 28.1. The minimum atomic E-state index is -0.282. The highest BCUT2D eigenvalue weighted by Crippen LogP contribution is 2.41. The summed E-state index contributed by atoms with van der Waals surface area (Å²) in [5, 5.41) is 13.8. The Hall–Kier alpha value is -4.56. The van der Waals surface area contributed by atoms with E-state index in [4.69, 9.17) is 65.4 Å². The molecule has 4 aromatic rings. The quantitative estimate of drug-likeness (QED) is 0.0309. The molecule has 2 unspecified atom stereocenters. The fourth-order valence-corrected chi connectivity index (χ4v) is 11.2. The molecule has 0 spiro atoms. The largest absolute Gasteiger partial charge is 0.378 e. The third kappa shape index (κ3) is 18.0. The molecule has 5 amide bonds. The molecule has 7 rings (SSSR count). The Morgan fingerprint density at radius 3 is 1.74 bits per heavy atom. The highest BCUT2D eigenvalue weighted by atomic mass is 35.5. The molecule has 16 nitrogen and oxygen atoms in total. The average Bonchev–Trinajstić information content (AvgIpc) is 3.42. The third-order valence-electron chi connectivity index (χ3n) is 14.3. The minimum Gasteiger partial charge on any atom is -0.378 e. The monoisotopic (exact) mass is 1140 g/mol. The van der Waals surface area contributed by atoms with Crippen molar-refractivity contribution in [1.29, 1.82) is 0 Å². The van der Waals surface area contributed by atoms with E-state index < -0.39 is 0 Å². The molecule has 0 saturated carbocycles. The number of ether oxygens (including phenoxy) is 4. The van der Waals surface area contributed by atoms with Gasteiger partial charge in [-0.1, -0.05) is 70.7 Å². The highest BCUT2D eigenvalue weighted by molar-refractivity contribution is 6.35. The lowest BCUT2D eigenvalue weighted by atomic mass is 9.83. The molecule has 418 valence electrons. The number of hydrogen-bond acceptors (Lipinski definition) is 11. The van der Waals surface area contributed by atoms with Crippen molar-refractivity contribution in [2.24, 2.45) is 0 Å². The normalized spacial score (nSPS) is 16.5.